The Balaban J connectivity index is 2.31. The summed E-state index contributed by atoms with van der Waals surface area (Å²) in [6.07, 6.45) is 1.63. The van der Waals surface area contributed by atoms with Crippen LogP contribution in [0.2, 0.25) is 0 Å². The quantitative estimate of drug-likeness (QED) is 0.447. The van der Waals surface area contributed by atoms with Gasteiger partial charge in [0.25, 0.3) is 0 Å². The molecule has 1 heterocycles. The van der Waals surface area contributed by atoms with Gasteiger partial charge in [0.2, 0.25) is 0 Å². The Bertz CT molecular complexity index is 907. The molecule has 2 aromatic rings. The van der Waals surface area contributed by atoms with Crippen molar-refractivity contribution >= 4 is 5.78 Å². The van der Waals surface area contributed by atoms with Crippen LogP contribution in [0.5, 0.6) is 0 Å². The molecule has 0 bridgehead atoms. The van der Waals surface area contributed by atoms with Gasteiger partial charge in [0.05, 0.1) is 25.4 Å². The number of H-pyrrole nitrogens is 1. The molecule has 0 aliphatic heterocycles. The molecule has 1 fully saturated rings. The number of aromatic nitrogens is 1. The molecule has 0 atom stereocenters. The minimum absolute atomic E-state index is 0.0687. The van der Waals surface area contributed by atoms with Gasteiger partial charge in [0, 0.05) is 23.7 Å². The summed E-state index contributed by atoms with van der Waals surface area (Å²) in [5.41, 5.74) is 3.83. The van der Waals surface area contributed by atoms with Gasteiger partial charge in [0.1, 0.15) is 11.8 Å². The summed E-state index contributed by atoms with van der Waals surface area (Å²) in [5, 5.41) is 41.9. The lowest BCUT2D eigenvalue weighted by Gasteiger charge is -2.17. The molecular weight excluding hydrogens is 346 g/mol. The minimum Gasteiger partial charge on any atom is -0.392 e. The summed E-state index contributed by atoms with van der Waals surface area (Å²) < 4.78 is 0. The monoisotopic (exact) mass is 369 g/mol. The summed E-state index contributed by atoms with van der Waals surface area (Å²) in [4.78, 5) is 16.0. The number of aromatic amines is 1. The van der Waals surface area contributed by atoms with Crippen molar-refractivity contribution in [3.8, 4) is 17.2 Å². The molecule has 0 radical (unpaired) electrons. The van der Waals surface area contributed by atoms with E-state index < -0.39 is 0 Å². The van der Waals surface area contributed by atoms with Gasteiger partial charge in [-0.2, -0.15) is 5.26 Å². The maximum absolute atomic E-state index is 12.9. The van der Waals surface area contributed by atoms with Crippen molar-refractivity contribution in [1.29, 1.82) is 5.26 Å². The fourth-order valence-electron chi connectivity index (χ4n) is 3.54. The van der Waals surface area contributed by atoms with Gasteiger partial charge in [-0.1, -0.05) is 12.1 Å². The van der Waals surface area contributed by atoms with Crippen LogP contribution in [-0.2, 0) is 26.4 Å². The number of benzene rings is 1. The first-order valence-electron chi connectivity index (χ1n) is 8.91. The van der Waals surface area contributed by atoms with E-state index in [0.717, 1.165) is 12.8 Å². The van der Waals surface area contributed by atoms with Crippen LogP contribution in [0.25, 0.3) is 11.1 Å². The number of aliphatic hydroxyl groups is 3. The van der Waals surface area contributed by atoms with Gasteiger partial charge in [-0.3, -0.25) is 4.79 Å². The predicted molar refractivity (Wildman–Crippen MR) is 98.5 cm³/mol. The Hall–Kier alpha value is -2.50. The average molecular weight is 369 g/mol. The van der Waals surface area contributed by atoms with Crippen LogP contribution in [0.3, 0.4) is 0 Å². The maximum atomic E-state index is 12.9. The lowest BCUT2D eigenvalue weighted by Crippen LogP contribution is -2.10. The van der Waals surface area contributed by atoms with E-state index >= 15 is 0 Å². The summed E-state index contributed by atoms with van der Waals surface area (Å²) in [5.74, 6) is -0.137. The van der Waals surface area contributed by atoms with E-state index in [1.54, 1.807) is 19.2 Å². The lowest BCUT2D eigenvalue weighted by atomic mass is 9.88. The highest BCUT2D eigenvalue weighted by Crippen LogP contribution is 2.40. The second kappa shape index (κ2) is 8.03. The molecule has 1 aromatic heterocycles. The van der Waals surface area contributed by atoms with E-state index in [4.69, 9.17) is 0 Å². The number of carbonyl (C=O) groups excluding carboxylic acids is 1. The molecule has 0 spiro atoms. The molecule has 7 nitrogen and oxygen atoms in total. The van der Waals surface area contributed by atoms with Crippen molar-refractivity contribution in [2.75, 3.05) is 7.05 Å². The fourth-order valence-corrected chi connectivity index (χ4v) is 3.54. The van der Waals surface area contributed by atoms with Crippen LogP contribution in [0.1, 0.15) is 51.3 Å². The number of ketones is 1. The van der Waals surface area contributed by atoms with Crippen molar-refractivity contribution in [3.05, 3.63) is 45.8 Å². The second-order valence-electron chi connectivity index (χ2n) is 6.71. The summed E-state index contributed by atoms with van der Waals surface area (Å²) in [7, 11) is 1.76. The minimum atomic E-state index is -0.359. The van der Waals surface area contributed by atoms with E-state index in [0.29, 0.717) is 45.6 Å². The number of nitrogens with one attached hydrogen (secondary N) is 2. The van der Waals surface area contributed by atoms with Crippen molar-refractivity contribution in [2.45, 2.75) is 39.2 Å². The molecule has 1 aliphatic carbocycles. The first-order chi connectivity index (χ1) is 13.1. The van der Waals surface area contributed by atoms with E-state index in [-0.39, 0.29) is 37.2 Å². The predicted octanol–water partition coefficient (Wildman–Crippen LogP) is 1.34. The number of carbonyl (C=O) groups is 1. The number of Topliss-reactive ketones (excluding diaryl/α,β-unsaturated/α-hetero) is 1. The zero-order chi connectivity index (χ0) is 19.6. The highest BCUT2D eigenvalue weighted by molar-refractivity contribution is 6.07. The molecule has 27 heavy (non-hydrogen) atoms. The van der Waals surface area contributed by atoms with Crippen molar-refractivity contribution in [1.82, 2.24) is 10.3 Å². The second-order valence-corrected chi connectivity index (χ2v) is 6.71. The van der Waals surface area contributed by atoms with E-state index in [1.165, 1.54) is 0 Å². The van der Waals surface area contributed by atoms with E-state index in [1.807, 2.05) is 0 Å². The molecular formula is C20H23N3O4. The Morgan fingerprint density at radius 3 is 2.44 bits per heavy atom. The van der Waals surface area contributed by atoms with Crippen molar-refractivity contribution in [2.24, 2.45) is 5.92 Å². The molecule has 7 heteroatoms. The standard InChI is InChI=1S/C20H23N3O4/c1-22-7-17-18(19(16(6-21)23-17)20(27)11-2-3-11)13-5-4-12(8-24)14(9-25)15(13)10-26/h4-5,11,22-26H,2-3,7-10H2,1H3. The van der Waals surface area contributed by atoms with Gasteiger partial charge in [-0.05, 0) is 42.1 Å². The number of rotatable bonds is 8. The first kappa shape index (κ1) is 19.3. The van der Waals surface area contributed by atoms with Crippen LogP contribution >= 0.6 is 0 Å². The SMILES string of the molecule is CNCc1[nH]c(C#N)c(C(=O)C2CC2)c1-c1ccc(CO)c(CO)c1CO. The Labute approximate surface area is 157 Å². The van der Waals surface area contributed by atoms with Crippen LogP contribution in [0.15, 0.2) is 12.1 Å². The Kier molecular flexibility index (Phi) is 5.73. The largest absolute Gasteiger partial charge is 0.392 e. The van der Waals surface area contributed by atoms with Crippen LogP contribution in [-0.4, -0.2) is 33.1 Å². The number of hydrogen-bond acceptors (Lipinski definition) is 6. The molecule has 0 amide bonds. The van der Waals surface area contributed by atoms with Gasteiger partial charge in [-0.15, -0.1) is 0 Å². The number of aliphatic hydroxyl groups excluding tert-OH is 3. The van der Waals surface area contributed by atoms with Crippen LogP contribution in [0, 0.1) is 17.2 Å². The highest BCUT2D eigenvalue weighted by Gasteiger charge is 2.36. The maximum Gasteiger partial charge on any atom is 0.169 e. The summed E-state index contributed by atoms with van der Waals surface area (Å²) in [6.45, 7) is -0.565. The third-order valence-electron chi connectivity index (χ3n) is 5.02. The van der Waals surface area contributed by atoms with Gasteiger partial charge in [0.15, 0.2) is 5.78 Å². The third kappa shape index (κ3) is 3.40. The Morgan fingerprint density at radius 1 is 1.22 bits per heavy atom. The summed E-state index contributed by atoms with van der Waals surface area (Å²) >= 11 is 0. The number of hydrogen-bond donors (Lipinski definition) is 5. The zero-order valence-electron chi connectivity index (χ0n) is 15.2. The lowest BCUT2D eigenvalue weighted by molar-refractivity contribution is 0.0968. The molecule has 5 N–H and O–H groups in total. The molecule has 142 valence electrons. The van der Waals surface area contributed by atoms with E-state index in [2.05, 4.69) is 16.4 Å². The molecule has 0 saturated heterocycles. The van der Waals surface area contributed by atoms with Crippen LogP contribution < -0.4 is 5.32 Å². The highest BCUT2D eigenvalue weighted by atomic mass is 16.3. The molecule has 1 saturated carbocycles. The molecule has 0 unspecified atom stereocenters. The van der Waals surface area contributed by atoms with Gasteiger partial charge < -0.3 is 25.6 Å². The van der Waals surface area contributed by atoms with Crippen LogP contribution in [0.4, 0.5) is 0 Å². The number of nitrogens with zero attached hydrogens (tertiary/aromatic N) is 1. The number of nitriles is 1. The molecule has 3 rings (SSSR count). The third-order valence-corrected chi connectivity index (χ3v) is 5.02. The zero-order valence-corrected chi connectivity index (χ0v) is 15.2. The van der Waals surface area contributed by atoms with Crippen molar-refractivity contribution in [3.63, 3.8) is 0 Å². The normalized spacial score (nSPS) is 13.6. The van der Waals surface area contributed by atoms with Gasteiger partial charge in [-0.25, -0.2) is 0 Å². The fraction of sp³-hybridized carbons (Fsp3) is 0.400. The smallest absolute Gasteiger partial charge is 0.169 e. The Morgan fingerprint density at radius 2 is 1.93 bits per heavy atom. The van der Waals surface area contributed by atoms with E-state index in [9.17, 15) is 25.4 Å². The topological polar surface area (TPSA) is 129 Å². The molecule has 1 aliphatic rings. The summed E-state index contributed by atoms with van der Waals surface area (Å²) in [6, 6.07) is 5.48. The van der Waals surface area contributed by atoms with Gasteiger partial charge >= 0.3 is 0 Å². The average Bonchev–Trinajstić information content (AvgIpc) is 3.48. The first-order valence-corrected chi connectivity index (χ1v) is 8.91. The molecule has 1 aromatic carbocycles. The van der Waals surface area contributed by atoms with Crippen molar-refractivity contribution < 1.29 is 20.1 Å².